The molecule has 0 radical (unpaired) electrons. The van der Waals surface area contributed by atoms with Crippen LogP contribution in [0.15, 0.2) is 12.1 Å². The lowest BCUT2D eigenvalue weighted by Crippen LogP contribution is -2.27. The van der Waals surface area contributed by atoms with Crippen LogP contribution in [0.5, 0.6) is 0 Å². The second kappa shape index (κ2) is 21.2. The Morgan fingerprint density at radius 1 is 1.15 bits per heavy atom. The minimum Gasteiger partial charge on any atom is -0.376 e. The van der Waals surface area contributed by atoms with Crippen molar-refractivity contribution in [1.82, 2.24) is 10.6 Å². The molecule has 5 nitrogen and oxygen atoms in total. The predicted octanol–water partition coefficient (Wildman–Crippen LogP) is 3.03. The van der Waals surface area contributed by atoms with E-state index >= 15 is 0 Å². The molecule has 0 atom stereocenters. The van der Waals surface area contributed by atoms with Crippen LogP contribution in [0.4, 0.5) is 0 Å². The quantitative estimate of drug-likeness (QED) is 0.149. The minimum absolute atomic E-state index is 0.0947. The second-order valence-electron chi connectivity index (χ2n) is 6.30. The van der Waals surface area contributed by atoms with E-state index < -0.39 is 0 Å². The molecule has 0 aromatic heterocycles. The first-order valence-corrected chi connectivity index (χ1v) is 12.2. The SMILES string of the molecule is CCNCCSSCOCCCCC(=O)NCCOC/C=C/BC(C)C. The van der Waals surface area contributed by atoms with Crippen LogP contribution in [0.3, 0.4) is 0 Å². The molecule has 2 N–H and O–H groups in total. The molecular formula is C18H37BN2O3S2. The summed E-state index contributed by atoms with van der Waals surface area (Å²) in [6, 6.07) is 0. The van der Waals surface area contributed by atoms with E-state index in [0.717, 1.165) is 45.6 Å². The molecule has 0 aliphatic heterocycles. The summed E-state index contributed by atoms with van der Waals surface area (Å²) in [7, 11) is 4.66. The average molecular weight is 404 g/mol. The number of carbonyl (C=O) groups excluding carboxylic acids is 1. The van der Waals surface area contributed by atoms with Crippen LogP contribution in [-0.2, 0) is 14.3 Å². The monoisotopic (exact) mass is 404 g/mol. The van der Waals surface area contributed by atoms with E-state index in [0.29, 0.717) is 37.9 Å². The van der Waals surface area contributed by atoms with Crippen molar-refractivity contribution in [3.8, 4) is 0 Å². The summed E-state index contributed by atoms with van der Waals surface area (Å²) in [6.45, 7) is 11.0. The lowest BCUT2D eigenvalue weighted by Gasteiger charge is -2.06. The molecule has 0 aromatic carbocycles. The first-order valence-electron chi connectivity index (χ1n) is 9.69. The van der Waals surface area contributed by atoms with Gasteiger partial charge in [-0.15, -0.1) is 5.98 Å². The fourth-order valence-corrected chi connectivity index (χ4v) is 3.52. The molecule has 0 heterocycles. The van der Waals surface area contributed by atoms with Gasteiger partial charge >= 0.3 is 0 Å². The lowest BCUT2D eigenvalue weighted by molar-refractivity contribution is -0.121. The summed E-state index contributed by atoms with van der Waals surface area (Å²) in [5.74, 6) is 4.73. The maximum absolute atomic E-state index is 11.7. The third-order valence-electron chi connectivity index (χ3n) is 3.33. The Kier molecular flexibility index (Phi) is 21.0. The van der Waals surface area contributed by atoms with Gasteiger partial charge in [-0.2, -0.15) is 0 Å². The van der Waals surface area contributed by atoms with E-state index in [-0.39, 0.29) is 5.91 Å². The Hall–Kier alpha value is -0.145. The standard InChI is InChI=1S/C18H37BN2O3S2/c1-4-20-11-15-25-26-16-24-12-6-5-8-18(22)21-10-14-23-13-7-9-19-17(2)3/h7,9,17,19-20H,4-6,8,10-16H2,1-3H3,(H,21,22)/b9-7+. The zero-order valence-corrected chi connectivity index (χ0v) is 18.4. The van der Waals surface area contributed by atoms with Crippen molar-refractivity contribution in [2.45, 2.75) is 45.9 Å². The van der Waals surface area contributed by atoms with Gasteiger partial charge in [-0.3, -0.25) is 4.79 Å². The minimum atomic E-state index is 0.0947. The molecule has 26 heavy (non-hydrogen) atoms. The van der Waals surface area contributed by atoms with Crippen LogP contribution in [-0.4, -0.2) is 64.3 Å². The largest absolute Gasteiger partial charge is 0.376 e. The molecule has 0 saturated heterocycles. The van der Waals surface area contributed by atoms with E-state index in [1.165, 1.54) is 0 Å². The van der Waals surface area contributed by atoms with Gasteiger partial charge in [0.2, 0.25) is 5.91 Å². The fourth-order valence-electron chi connectivity index (χ4n) is 1.91. The van der Waals surface area contributed by atoms with E-state index in [2.05, 4.69) is 37.4 Å². The van der Waals surface area contributed by atoms with Crippen molar-refractivity contribution in [3.63, 3.8) is 0 Å². The maximum Gasteiger partial charge on any atom is 0.220 e. The summed E-state index contributed by atoms with van der Waals surface area (Å²) >= 11 is 0. The molecule has 0 aromatic rings. The van der Waals surface area contributed by atoms with Crippen LogP contribution in [0.1, 0.15) is 40.0 Å². The highest BCUT2D eigenvalue weighted by atomic mass is 33.1. The summed E-state index contributed by atoms with van der Waals surface area (Å²) in [5.41, 5.74) is 0. The molecule has 152 valence electrons. The molecule has 0 bridgehead atoms. The first-order chi connectivity index (χ1) is 12.7. The number of rotatable bonds is 19. The van der Waals surface area contributed by atoms with Gasteiger partial charge in [0.1, 0.15) is 13.2 Å². The van der Waals surface area contributed by atoms with Gasteiger partial charge in [0.15, 0.2) is 0 Å². The highest BCUT2D eigenvalue weighted by molar-refractivity contribution is 8.76. The summed E-state index contributed by atoms with van der Waals surface area (Å²) in [6.07, 6.45) is 4.39. The second-order valence-corrected chi connectivity index (χ2v) is 8.83. The Morgan fingerprint density at radius 2 is 2.00 bits per heavy atom. The number of hydrogen-bond donors (Lipinski definition) is 2. The van der Waals surface area contributed by atoms with E-state index in [4.69, 9.17) is 9.47 Å². The van der Waals surface area contributed by atoms with Crippen molar-refractivity contribution in [2.24, 2.45) is 0 Å². The third-order valence-corrected chi connectivity index (χ3v) is 5.42. The molecule has 0 aliphatic rings. The van der Waals surface area contributed by atoms with Gasteiger partial charge in [-0.1, -0.05) is 54.3 Å². The lowest BCUT2D eigenvalue weighted by atomic mass is 9.66. The topological polar surface area (TPSA) is 59.6 Å². The molecule has 0 aliphatic carbocycles. The predicted molar refractivity (Wildman–Crippen MR) is 118 cm³/mol. The number of unbranched alkanes of at least 4 members (excludes halogenated alkanes) is 1. The van der Waals surface area contributed by atoms with E-state index in [1.54, 1.807) is 10.8 Å². The fraction of sp³-hybridized carbons (Fsp3) is 0.833. The summed E-state index contributed by atoms with van der Waals surface area (Å²) < 4.78 is 11.0. The number of ether oxygens (including phenoxy) is 2. The maximum atomic E-state index is 11.7. The van der Waals surface area contributed by atoms with Gasteiger partial charge in [0.25, 0.3) is 0 Å². The van der Waals surface area contributed by atoms with Gasteiger partial charge in [-0.25, -0.2) is 0 Å². The Morgan fingerprint density at radius 3 is 2.77 bits per heavy atom. The van der Waals surface area contributed by atoms with Crippen molar-refractivity contribution < 1.29 is 14.3 Å². The van der Waals surface area contributed by atoms with Gasteiger partial charge in [-0.05, 0) is 19.4 Å². The molecule has 0 saturated carbocycles. The van der Waals surface area contributed by atoms with Crippen molar-refractivity contribution in [2.75, 3.05) is 51.1 Å². The van der Waals surface area contributed by atoms with E-state index in [1.807, 2.05) is 16.9 Å². The number of hydrogen-bond acceptors (Lipinski definition) is 6. The van der Waals surface area contributed by atoms with Crippen LogP contribution < -0.4 is 10.6 Å². The summed E-state index contributed by atoms with van der Waals surface area (Å²) in [5, 5.41) is 6.17. The smallest absolute Gasteiger partial charge is 0.220 e. The molecular weight excluding hydrogens is 367 g/mol. The Balaban J connectivity index is 3.21. The third kappa shape index (κ3) is 21.9. The van der Waals surface area contributed by atoms with Crippen molar-refractivity contribution in [3.05, 3.63) is 12.1 Å². The van der Waals surface area contributed by atoms with Gasteiger partial charge < -0.3 is 20.1 Å². The molecule has 1 amide bonds. The molecule has 0 rings (SSSR count). The number of amides is 1. The van der Waals surface area contributed by atoms with Crippen LogP contribution >= 0.6 is 21.6 Å². The highest BCUT2D eigenvalue weighted by Crippen LogP contribution is 2.20. The molecule has 0 fully saturated rings. The summed E-state index contributed by atoms with van der Waals surface area (Å²) in [4.78, 5) is 11.7. The average Bonchev–Trinajstić information content (AvgIpc) is 2.61. The highest BCUT2D eigenvalue weighted by Gasteiger charge is 2.00. The zero-order valence-electron chi connectivity index (χ0n) is 16.8. The van der Waals surface area contributed by atoms with Crippen molar-refractivity contribution in [1.29, 1.82) is 0 Å². The van der Waals surface area contributed by atoms with Crippen molar-refractivity contribution >= 4 is 34.8 Å². The van der Waals surface area contributed by atoms with Crippen LogP contribution in [0, 0.1) is 0 Å². The number of nitrogens with one attached hydrogen (secondary N) is 2. The van der Waals surface area contributed by atoms with Gasteiger partial charge in [0, 0.05) is 31.9 Å². The molecule has 0 spiro atoms. The van der Waals surface area contributed by atoms with E-state index in [9.17, 15) is 4.79 Å². The molecule has 0 unspecified atom stereocenters. The normalized spacial score (nSPS) is 11.4. The van der Waals surface area contributed by atoms with Crippen LogP contribution in [0.2, 0.25) is 5.82 Å². The van der Waals surface area contributed by atoms with Gasteiger partial charge in [0.05, 0.1) is 13.2 Å². The molecule has 8 heteroatoms. The zero-order chi connectivity index (χ0) is 19.3. The Labute approximate surface area is 168 Å². The first kappa shape index (κ1) is 25.9. The number of carbonyl (C=O) groups is 1. The van der Waals surface area contributed by atoms with Crippen LogP contribution in [0.25, 0.3) is 0 Å². The Bertz CT molecular complexity index is 348.